The molecule has 0 atom stereocenters. The first-order chi connectivity index (χ1) is 7.22. The monoisotopic (exact) mass is 242 g/mol. The van der Waals surface area contributed by atoms with Crippen LogP contribution in [-0.4, -0.2) is 23.5 Å². The van der Waals surface area contributed by atoms with E-state index in [1.165, 1.54) is 0 Å². The Morgan fingerprint density at radius 2 is 1.56 bits per heavy atom. The SMILES string of the molecule is OB(O)c1c(F)ccc(F)c1OC(F)(F)F. The summed E-state index contributed by atoms with van der Waals surface area (Å²) >= 11 is 0. The minimum atomic E-state index is -5.27. The highest BCUT2D eigenvalue weighted by atomic mass is 19.4. The second kappa shape index (κ2) is 4.26. The highest BCUT2D eigenvalue weighted by Crippen LogP contribution is 2.24. The Morgan fingerprint density at radius 3 is 2.00 bits per heavy atom. The maximum Gasteiger partial charge on any atom is 0.573 e. The summed E-state index contributed by atoms with van der Waals surface area (Å²) in [7, 11) is -2.62. The predicted molar refractivity (Wildman–Crippen MR) is 42.9 cm³/mol. The van der Waals surface area contributed by atoms with Crippen molar-refractivity contribution in [1.29, 1.82) is 0 Å². The van der Waals surface area contributed by atoms with Gasteiger partial charge in [-0.15, -0.1) is 13.2 Å². The first kappa shape index (κ1) is 12.7. The van der Waals surface area contributed by atoms with Gasteiger partial charge in [-0.1, -0.05) is 0 Å². The maximum absolute atomic E-state index is 12.9. The third-order valence-corrected chi connectivity index (χ3v) is 1.57. The van der Waals surface area contributed by atoms with Gasteiger partial charge >= 0.3 is 13.5 Å². The maximum atomic E-state index is 12.9. The molecule has 3 nitrogen and oxygen atoms in total. The molecule has 1 aromatic rings. The normalized spacial score (nSPS) is 11.4. The zero-order valence-corrected chi connectivity index (χ0v) is 7.42. The van der Waals surface area contributed by atoms with Crippen LogP contribution in [0.2, 0.25) is 0 Å². The Balaban J connectivity index is 3.29. The van der Waals surface area contributed by atoms with Gasteiger partial charge in [0.1, 0.15) is 5.82 Å². The van der Waals surface area contributed by atoms with Gasteiger partial charge < -0.3 is 14.8 Å². The fourth-order valence-corrected chi connectivity index (χ4v) is 1.01. The Labute approximate surface area is 86.2 Å². The molecule has 16 heavy (non-hydrogen) atoms. The lowest BCUT2D eigenvalue weighted by Crippen LogP contribution is -2.37. The van der Waals surface area contributed by atoms with E-state index in [-0.39, 0.29) is 0 Å². The minimum Gasteiger partial charge on any atom is -0.423 e. The van der Waals surface area contributed by atoms with E-state index < -0.39 is 36.3 Å². The number of hydrogen-bond donors (Lipinski definition) is 2. The molecular formula is C7H4BF5O3. The lowest BCUT2D eigenvalue weighted by atomic mass is 9.79. The summed E-state index contributed by atoms with van der Waals surface area (Å²) in [5.74, 6) is -4.57. The van der Waals surface area contributed by atoms with Crippen molar-refractivity contribution in [3.63, 3.8) is 0 Å². The van der Waals surface area contributed by atoms with Crippen LogP contribution >= 0.6 is 0 Å². The van der Waals surface area contributed by atoms with Crippen LogP contribution < -0.4 is 10.2 Å². The smallest absolute Gasteiger partial charge is 0.423 e. The molecule has 1 aromatic carbocycles. The molecule has 0 aliphatic carbocycles. The van der Waals surface area contributed by atoms with E-state index >= 15 is 0 Å². The summed E-state index contributed by atoms with van der Waals surface area (Å²) in [4.78, 5) is 0. The number of halogens is 5. The molecular weight excluding hydrogens is 238 g/mol. The summed E-state index contributed by atoms with van der Waals surface area (Å²) in [5.41, 5.74) is -1.31. The van der Waals surface area contributed by atoms with Gasteiger partial charge in [0, 0.05) is 0 Å². The molecule has 0 spiro atoms. The molecule has 9 heteroatoms. The molecule has 0 aliphatic rings. The van der Waals surface area contributed by atoms with E-state index in [4.69, 9.17) is 10.0 Å². The molecule has 0 saturated carbocycles. The minimum absolute atomic E-state index is 0.377. The molecule has 0 radical (unpaired) electrons. The Hall–Kier alpha value is -1.35. The Kier molecular flexibility index (Phi) is 3.39. The van der Waals surface area contributed by atoms with Crippen LogP contribution in [0.5, 0.6) is 5.75 Å². The van der Waals surface area contributed by atoms with Crippen molar-refractivity contribution in [2.24, 2.45) is 0 Å². The number of benzene rings is 1. The zero-order chi connectivity index (χ0) is 12.5. The van der Waals surface area contributed by atoms with E-state index in [0.29, 0.717) is 12.1 Å². The zero-order valence-electron chi connectivity index (χ0n) is 7.42. The molecule has 0 aromatic heterocycles. The molecule has 1 rings (SSSR count). The van der Waals surface area contributed by atoms with Gasteiger partial charge in [0.15, 0.2) is 11.6 Å². The van der Waals surface area contributed by atoms with E-state index in [1.807, 2.05) is 0 Å². The van der Waals surface area contributed by atoms with Crippen molar-refractivity contribution in [3.8, 4) is 5.75 Å². The highest BCUT2D eigenvalue weighted by Gasteiger charge is 2.36. The van der Waals surface area contributed by atoms with Crippen LogP contribution in [-0.2, 0) is 0 Å². The summed E-state index contributed by atoms with van der Waals surface area (Å²) < 4.78 is 64.5. The number of ether oxygens (including phenoxy) is 1. The van der Waals surface area contributed by atoms with Crippen LogP contribution in [0.25, 0.3) is 0 Å². The predicted octanol–water partition coefficient (Wildman–Crippen LogP) is 0.543. The first-order valence-corrected chi connectivity index (χ1v) is 3.82. The Morgan fingerprint density at radius 1 is 1.06 bits per heavy atom. The number of rotatable bonds is 2. The van der Waals surface area contributed by atoms with Crippen molar-refractivity contribution in [2.45, 2.75) is 6.36 Å². The van der Waals surface area contributed by atoms with Gasteiger partial charge in [0.2, 0.25) is 0 Å². The lowest BCUT2D eigenvalue weighted by Gasteiger charge is -2.14. The van der Waals surface area contributed by atoms with E-state index in [1.54, 1.807) is 0 Å². The topological polar surface area (TPSA) is 49.7 Å². The summed E-state index contributed by atoms with van der Waals surface area (Å²) in [6.45, 7) is 0. The number of hydrogen-bond acceptors (Lipinski definition) is 3. The van der Waals surface area contributed by atoms with Gasteiger partial charge in [-0.05, 0) is 12.1 Å². The molecule has 0 fully saturated rings. The van der Waals surface area contributed by atoms with Gasteiger partial charge in [-0.3, -0.25) is 0 Å². The van der Waals surface area contributed by atoms with E-state index in [0.717, 1.165) is 0 Å². The van der Waals surface area contributed by atoms with Gasteiger partial charge in [-0.2, -0.15) is 0 Å². The fraction of sp³-hybridized carbons (Fsp3) is 0.143. The average Bonchev–Trinajstić information content (AvgIpc) is 2.08. The van der Waals surface area contributed by atoms with Crippen LogP contribution in [0.15, 0.2) is 12.1 Å². The standard InChI is InChI=1S/C7H4BF5O3/c9-3-1-2-4(10)6(5(3)8(14)15)16-7(11,12)13/h1-2,14-15H. The Bertz CT molecular complexity index is 392. The molecule has 2 N–H and O–H groups in total. The van der Waals surface area contributed by atoms with Gasteiger partial charge in [-0.25, -0.2) is 8.78 Å². The fourth-order valence-electron chi connectivity index (χ4n) is 1.01. The van der Waals surface area contributed by atoms with Crippen LogP contribution in [0.3, 0.4) is 0 Å². The third-order valence-electron chi connectivity index (χ3n) is 1.57. The number of alkyl halides is 3. The van der Waals surface area contributed by atoms with Crippen LogP contribution in [0.4, 0.5) is 22.0 Å². The summed E-state index contributed by atoms with van der Waals surface area (Å²) in [5, 5.41) is 17.2. The van der Waals surface area contributed by atoms with Crippen molar-refractivity contribution < 1.29 is 36.7 Å². The molecule has 0 amide bonds. The third kappa shape index (κ3) is 2.83. The van der Waals surface area contributed by atoms with Crippen molar-refractivity contribution >= 4 is 12.6 Å². The molecule has 0 aliphatic heterocycles. The molecule has 0 unspecified atom stereocenters. The highest BCUT2D eigenvalue weighted by molar-refractivity contribution is 6.59. The van der Waals surface area contributed by atoms with Crippen LogP contribution in [0, 0.1) is 11.6 Å². The van der Waals surface area contributed by atoms with Crippen molar-refractivity contribution in [2.75, 3.05) is 0 Å². The largest absolute Gasteiger partial charge is 0.573 e. The second-order valence-corrected chi connectivity index (χ2v) is 2.69. The van der Waals surface area contributed by atoms with Crippen molar-refractivity contribution in [1.82, 2.24) is 0 Å². The quantitative estimate of drug-likeness (QED) is 0.587. The van der Waals surface area contributed by atoms with Crippen molar-refractivity contribution in [3.05, 3.63) is 23.8 Å². The van der Waals surface area contributed by atoms with Gasteiger partial charge in [0.25, 0.3) is 0 Å². The van der Waals surface area contributed by atoms with E-state index in [2.05, 4.69) is 4.74 Å². The molecule has 88 valence electrons. The van der Waals surface area contributed by atoms with E-state index in [9.17, 15) is 22.0 Å². The first-order valence-electron chi connectivity index (χ1n) is 3.82. The second-order valence-electron chi connectivity index (χ2n) is 2.69. The van der Waals surface area contributed by atoms with Gasteiger partial charge in [0.05, 0.1) is 5.46 Å². The average molecular weight is 242 g/mol. The summed E-state index contributed by atoms with van der Waals surface area (Å²) in [6, 6.07) is 0.829. The molecule has 0 heterocycles. The summed E-state index contributed by atoms with van der Waals surface area (Å²) in [6.07, 6.45) is -5.27. The van der Waals surface area contributed by atoms with Crippen LogP contribution in [0.1, 0.15) is 0 Å². The molecule has 0 bridgehead atoms. The molecule has 0 saturated heterocycles. The lowest BCUT2D eigenvalue weighted by molar-refractivity contribution is -0.275.